The molecule has 124 valence electrons. The predicted molar refractivity (Wildman–Crippen MR) is 75.2 cm³/mol. The van der Waals surface area contributed by atoms with E-state index >= 15 is 0 Å². The third kappa shape index (κ3) is 6.11. The van der Waals surface area contributed by atoms with Crippen LogP contribution in [0.4, 0.5) is 4.79 Å². The first-order valence-electron chi connectivity index (χ1n) is 7.14. The predicted octanol–water partition coefficient (Wildman–Crippen LogP) is 1.29. The van der Waals surface area contributed by atoms with Crippen LogP contribution in [-0.4, -0.2) is 40.6 Å². The summed E-state index contributed by atoms with van der Waals surface area (Å²) in [6, 6.07) is -0.313. The lowest BCUT2D eigenvalue weighted by atomic mass is 10.2. The van der Waals surface area contributed by atoms with Crippen molar-refractivity contribution in [1.29, 1.82) is 0 Å². The molecule has 0 unspecified atom stereocenters. The number of nitrogens with one attached hydrogen (secondary N) is 1. The van der Waals surface area contributed by atoms with Crippen molar-refractivity contribution in [3.8, 4) is 0 Å². The first-order valence-corrected chi connectivity index (χ1v) is 7.14. The van der Waals surface area contributed by atoms with Gasteiger partial charge in [-0.15, -0.1) is 5.06 Å². The van der Waals surface area contributed by atoms with Crippen molar-refractivity contribution < 1.29 is 28.8 Å². The van der Waals surface area contributed by atoms with Crippen LogP contribution in [-0.2, 0) is 24.0 Å². The Hall–Kier alpha value is -2.12. The monoisotopic (exact) mass is 314 g/mol. The Morgan fingerprint density at radius 2 is 1.77 bits per heavy atom. The second-order valence-electron chi connectivity index (χ2n) is 6.13. The maximum Gasteiger partial charge on any atom is 0.407 e. The highest BCUT2D eigenvalue weighted by Crippen LogP contribution is 2.13. The van der Waals surface area contributed by atoms with E-state index in [1.165, 1.54) is 0 Å². The van der Waals surface area contributed by atoms with Gasteiger partial charge in [0.1, 0.15) is 5.60 Å². The van der Waals surface area contributed by atoms with Gasteiger partial charge >= 0.3 is 12.1 Å². The summed E-state index contributed by atoms with van der Waals surface area (Å²) in [5.74, 6) is -1.72. The molecule has 1 heterocycles. The minimum atomic E-state index is -0.693. The summed E-state index contributed by atoms with van der Waals surface area (Å²) < 4.78 is 5.09. The van der Waals surface area contributed by atoms with Crippen LogP contribution in [0.25, 0.3) is 0 Å². The minimum absolute atomic E-state index is 0.0337. The second kappa shape index (κ2) is 7.24. The van der Waals surface area contributed by atoms with Crippen LogP contribution in [0.3, 0.4) is 0 Å². The third-order valence-electron chi connectivity index (χ3n) is 2.74. The molecule has 1 fully saturated rings. The highest BCUT2D eigenvalue weighted by molar-refractivity contribution is 6.01. The Morgan fingerprint density at radius 1 is 1.23 bits per heavy atom. The van der Waals surface area contributed by atoms with Gasteiger partial charge in [0.25, 0.3) is 11.8 Å². The first-order chi connectivity index (χ1) is 10.1. The number of carbonyl (C=O) groups excluding carboxylic acids is 4. The van der Waals surface area contributed by atoms with Crippen molar-refractivity contribution in [1.82, 2.24) is 10.4 Å². The van der Waals surface area contributed by atoms with E-state index in [2.05, 4.69) is 5.32 Å². The molecule has 1 atom stereocenters. The van der Waals surface area contributed by atoms with E-state index in [0.717, 1.165) is 0 Å². The van der Waals surface area contributed by atoms with E-state index in [9.17, 15) is 19.2 Å². The zero-order valence-corrected chi connectivity index (χ0v) is 13.3. The average molecular weight is 314 g/mol. The van der Waals surface area contributed by atoms with Crippen LogP contribution in [0.15, 0.2) is 0 Å². The number of alkyl carbamates (subject to hydrolysis) is 1. The van der Waals surface area contributed by atoms with E-state index in [1.54, 1.807) is 27.7 Å². The number of hydrogen-bond acceptors (Lipinski definition) is 6. The van der Waals surface area contributed by atoms with E-state index in [4.69, 9.17) is 9.57 Å². The molecule has 1 aliphatic heterocycles. The number of hydrogen-bond donors (Lipinski definition) is 1. The molecular weight excluding hydrogens is 292 g/mol. The lowest BCUT2D eigenvalue weighted by Gasteiger charge is -2.22. The van der Waals surface area contributed by atoms with Crippen LogP contribution in [0.1, 0.15) is 53.4 Å². The van der Waals surface area contributed by atoms with E-state index in [1.807, 2.05) is 0 Å². The number of amides is 3. The Labute approximate surface area is 129 Å². The van der Waals surface area contributed by atoms with Crippen molar-refractivity contribution in [3.63, 3.8) is 0 Å². The second-order valence-corrected chi connectivity index (χ2v) is 6.13. The van der Waals surface area contributed by atoms with E-state index < -0.39 is 29.5 Å². The molecule has 0 aromatic carbocycles. The molecule has 0 aromatic heterocycles. The molecule has 0 aromatic rings. The highest BCUT2D eigenvalue weighted by Gasteiger charge is 2.32. The van der Waals surface area contributed by atoms with Crippen LogP contribution in [0.5, 0.6) is 0 Å². The highest BCUT2D eigenvalue weighted by atomic mass is 16.7. The van der Waals surface area contributed by atoms with Gasteiger partial charge in [-0.3, -0.25) is 9.59 Å². The summed E-state index contributed by atoms with van der Waals surface area (Å²) in [7, 11) is 0. The number of carbonyl (C=O) groups is 4. The van der Waals surface area contributed by atoms with Crippen molar-refractivity contribution in [2.45, 2.75) is 65.0 Å². The number of ether oxygens (including phenoxy) is 1. The van der Waals surface area contributed by atoms with Gasteiger partial charge in [0.2, 0.25) is 0 Å². The lowest BCUT2D eigenvalue weighted by molar-refractivity contribution is -0.197. The lowest BCUT2D eigenvalue weighted by Crippen LogP contribution is -2.38. The standard InChI is InChI=1S/C14H22N2O6/c1-9(15-13(20)21-14(2,3)4)5-8-12(19)22-16-10(17)6-7-11(16)18/h9H,5-8H2,1-4H3,(H,15,20)/t9-/m1/s1. The molecular formula is C14H22N2O6. The van der Waals surface area contributed by atoms with Gasteiger partial charge in [0.15, 0.2) is 0 Å². The summed E-state index contributed by atoms with van der Waals surface area (Å²) in [6.07, 6.45) is -0.188. The molecule has 8 heteroatoms. The molecule has 22 heavy (non-hydrogen) atoms. The molecule has 8 nitrogen and oxygen atoms in total. The molecule has 1 saturated heterocycles. The van der Waals surface area contributed by atoms with Crippen LogP contribution in [0.2, 0.25) is 0 Å². The summed E-state index contributed by atoms with van der Waals surface area (Å²) >= 11 is 0. The largest absolute Gasteiger partial charge is 0.444 e. The Kier molecular flexibility index (Phi) is 5.90. The number of nitrogens with zero attached hydrogens (tertiary/aromatic N) is 1. The van der Waals surface area contributed by atoms with Gasteiger partial charge in [-0.25, -0.2) is 9.59 Å². The van der Waals surface area contributed by atoms with E-state index in [-0.39, 0.29) is 25.3 Å². The van der Waals surface area contributed by atoms with Gasteiger partial charge in [0.05, 0.1) is 0 Å². The van der Waals surface area contributed by atoms with Crippen LogP contribution >= 0.6 is 0 Å². The zero-order valence-electron chi connectivity index (χ0n) is 13.3. The van der Waals surface area contributed by atoms with Crippen molar-refractivity contribution in [2.75, 3.05) is 0 Å². The molecule has 1 rings (SSSR count). The molecule has 0 saturated carbocycles. The summed E-state index contributed by atoms with van der Waals surface area (Å²) in [5, 5.41) is 3.09. The number of imide groups is 1. The van der Waals surface area contributed by atoms with Crippen molar-refractivity contribution >= 4 is 23.9 Å². The number of rotatable bonds is 5. The topological polar surface area (TPSA) is 102 Å². The maximum atomic E-state index is 11.6. The Morgan fingerprint density at radius 3 is 2.27 bits per heavy atom. The fourth-order valence-electron chi connectivity index (χ4n) is 1.72. The average Bonchev–Trinajstić information content (AvgIpc) is 2.65. The SMILES string of the molecule is C[C@H](CCC(=O)ON1C(=O)CCC1=O)NC(=O)OC(C)(C)C. The fraction of sp³-hybridized carbons (Fsp3) is 0.714. The van der Waals surface area contributed by atoms with Gasteiger partial charge < -0.3 is 14.9 Å². The molecule has 0 radical (unpaired) electrons. The summed E-state index contributed by atoms with van der Waals surface area (Å²) in [6.45, 7) is 6.96. The summed E-state index contributed by atoms with van der Waals surface area (Å²) in [4.78, 5) is 50.4. The van der Waals surface area contributed by atoms with Gasteiger partial charge in [-0.05, 0) is 34.1 Å². The molecule has 3 amide bonds. The van der Waals surface area contributed by atoms with Crippen molar-refractivity contribution in [2.24, 2.45) is 0 Å². The fourth-order valence-corrected chi connectivity index (χ4v) is 1.72. The maximum absolute atomic E-state index is 11.6. The zero-order chi connectivity index (χ0) is 16.9. The molecule has 0 bridgehead atoms. The summed E-state index contributed by atoms with van der Waals surface area (Å²) in [5.41, 5.74) is -0.598. The molecule has 1 N–H and O–H groups in total. The van der Waals surface area contributed by atoms with Crippen molar-refractivity contribution in [3.05, 3.63) is 0 Å². The Bertz CT molecular complexity index is 452. The van der Waals surface area contributed by atoms with E-state index in [0.29, 0.717) is 11.5 Å². The van der Waals surface area contributed by atoms with Gasteiger partial charge in [-0.1, -0.05) is 0 Å². The van der Waals surface area contributed by atoms with Gasteiger partial charge in [-0.2, -0.15) is 0 Å². The quantitative estimate of drug-likeness (QED) is 0.767. The minimum Gasteiger partial charge on any atom is -0.444 e. The normalized spacial score (nSPS) is 16.5. The molecule has 0 aliphatic carbocycles. The molecule has 0 spiro atoms. The smallest absolute Gasteiger partial charge is 0.407 e. The molecule has 1 aliphatic rings. The third-order valence-corrected chi connectivity index (χ3v) is 2.74. The van der Waals surface area contributed by atoms with Gasteiger partial charge in [0, 0.05) is 25.3 Å². The first kappa shape index (κ1) is 17.9. The number of hydroxylamine groups is 2. The van der Waals surface area contributed by atoms with Crippen LogP contribution in [0, 0.1) is 0 Å². The van der Waals surface area contributed by atoms with Crippen LogP contribution < -0.4 is 5.32 Å². The Balaban J connectivity index is 2.30.